The second-order valence-electron chi connectivity index (χ2n) is 8.12. The lowest BCUT2D eigenvalue weighted by Gasteiger charge is -2.33. The summed E-state index contributed by atoms with van der Waals surface area (Å²) >= 11 is 6.29. The number of amides is 1. The Kier molecular flexibility index (Phi) is 6.39. The highest BCUT2D eigenvalue weighted by Gasteiger charge is 2.40. The van der Waals surface area contributed by atoms with Crippen LogP contribution in [0.2, 0.25) is 5.02 Å². The third-order valence-electron chi connectivity index (χ3n) is 6.10. The highest BCUT2D eigenvalue weighted by molar-refractivity contribution is 7.97. The lowest BCUT2D eigenvalue weighted by molar-refractivity contribution is -0.117. The van der Waals surface area contributed by atoms with Gasteiger partial charge in [0.2, 0.25) is 0 Å². The molecule has 1 N–H and O–H groups in total. The van der Waals surface area contributed by atoms with E-state index in [2.05, 4.69) is 5.32 Å². The zero-order chi connectivity index (χ0) is 22.0. The van der Waals surface area contributed by atoms with E-state index in [1.165, 1.54) is 10.7 Å². The molecular weight excluding hydrogens is 432 g/mol. The smallest absolute Gasteiger partial charge is 0.270 e. The number of hydrogen-bond acceptors (Lipinski definition) is 3. The van der Waals surface area contributed by atoms with Crippen molar-refractivity contribution in [3.05, 3.63) is 69.6 Å². The van der Waals surface area contributed by atoms with E-state index in [1.54, 1.807) is 25.1 Å². The average molecular weight is 459 g/mol. The van der Waals surface area contributed by atoms with Gasteiger partial charge in [-0.1, -0.05) is 61.2 Å². The van der Waals surface area contributed by atoms with Crippen LogP contribution in [0.5, 0.6) is 0 Å². The quantitative estimate of drug-likeness (QED) is 0.688. The van der Waals surface area contributed by atoms with Crippen molar-refractivity contribution in [2.75, 3.05) is 17.4 Å². The number of benzene rings is 2. The van der Waals surface area contributed by atoms with Crippen LogP contribution in [0.1, 0.15) is 50.2 Å². The molecule has 5 nitrogen and oxygen atoms in total. The number of carbonyl (C=O) groups excluding carboxylic acids is 1. The summed E-state index contributed by atoms with van der Waals surface area (Å²) in [6, 6.07) is 14.3. The van der Waals surface area contributed by atoms with Gasteiger partial charge < -0.3 is 5.32 Å². The number of carbonyl (C=O) groups is 1. The van der Waals surface area contributed by atoms with Gasteiger partial charge >= 0.3 is 0 Å². The monoisotopic (exact) mass is 458 g/mol. The second kappa shape index (κ2) is 9.05. The van der Waals surface area contributed by atoms with E-state index in [1.807, 2.05) is 30.3 Å². The summed E-state index contributed by atoms with van der Waals surface area (Å²) in [6.07, 6.45) is 5.68. The van der Waals surface area contributed by atoms with Crippen LogP contribution in [-0.2, 0) is 14.8 Å². The first-order valence-corrected chi connectivity index (χ1v) is 12.7. The molecule has 31 heavy (non-hydrogen) atoms. The summed E-state index contributed by atoms with van der Waals surface area (Å²) in [5.74, 6) is -0.151. The van der Waals surface area contributed by atoms with Gasteiger partial charge in [0.25, 0.3) is 15.9 Å². The maximum Gasteiger partial charge on any atom is 0.270 e. The van der Waals surface area contributed by atoms with E-state index < -0.39 is 15.9 Å². The minimum atomic E-state index is -4.03. The Hall–Kier alpha value is -2.31. The minimum Gasteiger partial charge on any atom is -0.351 e. The van der Waals surface area contributed by atoms with Crippen molar-refractivity contribution in [2.24, 2.45) is 5.92 Å². The SMILES string of the molecule is CCN1c2ccc(Cl)cc2C(c2ccccc2)=C(C(=O)NCC2CCCCC2)S1(=O)=O. The molecule has 7 heteroatoms. The van der Waals surface area contributed by atoms with E-state index in [0.717, 1.165) is 25.7 Å². The van der Waals surface area contributed by atoms with Gasteiger partial charge in [0, 0.05) is 29.2 Å². The van der Waals surface area contributed by atoms with Crippen molar-refractivity contribution in [2.45, 2.75) is 39.0 Å². The summed E-state index contributed by atoms with van der Waals surface area (Å²) in [5.41, 5.74) is 2.27. The summed E-state index contributed by atoms with van der Waals surface area (Å²) in [7, 11) is -4.03. The highest BCUT2D eigenvalue weighted by Crippen LogP contribution is 2.43. The number of nitrogens with one attached hydrogen (secondary N) is 1. The molecule has 0 atom stereocenters. The predicted molar refractivity (Wildman–Crippen MR) is 125 cm³/mol. The molecule has 1 aliphatic carbocycles. The maximum absolute atomic E-state index is 13.6. The fourth-order valence-electron chi connectivity index (χ4n) is 4.59. The zero-order valence-electron chi connectivity index (χ0n) is 17.6. The van der Waals surface area contributed by atoms with Gasteiger partial charge in [0.1, 0.15) is 0 Å². The third-order valence-corrected chi connectivity index (χ3v) is 8.28. The first-order chi connectivity index (χ1) is 14.9. The van der Waals surface area contributed by atoms with E-state index in [0.29, 0.717) is 39.9 Å². The molecule has 0 unspecified atom stereocenters. The van der Waals surface area contributed by atoms with Crippen LogP contribution in [0.25, 0.3) is 5.57 Å². The first-order valence-electron chi connectivity index (χ1n) is 10.8. The van der Waals surface area contributed by atoms with Crippen molar-refractivity contribution in [1.29, 1.82) is 0 Å². The number of nitrogens with zero attached hydrogens (tertiary/aromatic N) is 1. The summed E-state index contributed by atoms with van der Waals surface area (Å²) in [5, 5.41) is 3.42. The molecule has 0 bridgehead atoms. The molecule has 2 aromatic rings. The molecule has 1 amide bonds. The number of anilines is 1. The fraction of sp³-hybridized carbons (Fsp3) is 0.375. The molecule has 164 valence electrons. The molecular formula is C24H27ClN2O3S. The van der Waals surface area contributed by atoms with Gasteiger partial charge in [-0.25, -0.2) is 8.42 Å². The Morgan fingerprint density at radius 3 is 2.48 bits per heavy atom. The van der Waals surface area contributed by atoms with Crippen molar-refractivity contribution >= 4 is 38.8 Å². The second-order valence-corrected chi connectivity index (χ2v) is 10.4. The number of fused-ring (bicyclic) bond motifs is 1. The van der Waals surface area contributed by atoms with Crippen LogP contribution in [0.3, 0.4) is 0 Å². The minimum absolute atomic E-state index is 0.203. The van der Waals surface area contributed by atoms with Crippen LogP contribution in [0, 0.1) is 5.92 Å². The van der Waals surface area contributed by atoms with E-state index in [9.17, 15) is 13.2 Å². The van der Waals surface area contributed by atoms with Gasteiger partial charge in [0.05, 0.1) is 5.69 Å². The number of halogens is 1. The molecule has 0 spiro atoms. The van der Waals surface area contributed by atoms with Crippen molar-refractivity contribution < 1.29 is 13.2 Å². The molecule has 1 saturated carbocycles. The standard InChI is InChI=1S/C24H27ClN2O3S/c1-2-27-21-14-13-19(25)15-20(21)22(18-11-7-4-8-12-18)23(31(27,29)30)24(28)26-16-17-9-5-3-6-10-17/h4,7-8,11-15,17H,2-3,5-6,9-10,16H2,1H3,(H,26,28). The average Bonchev–Trinajstić information content (AvgIpc) is 2.78. The Labute approximate surface area is 189 Å². The third kappa shape index (κ3) is 4.23. The largest absolute Gasteiger partial charge is 0.351 e. The molecule has 1 fully saturated rings. The molecule has 1 heterocycles. The number of sulfonamides is 1. The van der Waals surface area contributed by atoms with Crippen LogP contribution in [-0.4, -0.2) is 27.4 Å². The summed E-state index contributed by atoms with van der Waals surface area (Å²) < 4.78 is 28.6. The predicted octanol–water partition coefficient (Wildman–Crippen LogP) is 4.97. The van der Waals surface area contributed by atoms with Crippen molar-refractivity contribution in [3.63, 3.8) is 0 Å². The zero-order valence-corrected chi connectivity index (χ0v) is 19.2. The fourth-order valence-corrected chi connectivity index (χ4v) is 6.53. The molecule has 1 aliphatic heterocycles. The van der Waals surface area contributed by atoms with Gasteiger partial charge in [-0.05, 0) is 49.4 Å². The Bertz CT molecular complexity index is 1110. The Morgan fingerprint density at radius 2 is 1.81 bits per heavy atom. The molecule has 2 aromatic carbocycles. The Balaban J connectivity index is 1.86. The summed E-state index contributed by atoms with van der Waals surface area (Å²) in [6.45, 7) is 2.48. The van der Waals surface area contributed by atoms with E-state index >= 15 is 0 Å². The lowest BCUT2D eigenvalue weighted by atomic mass is 9.89. The summed E-state index contributed by atoms with van der Waals surface area (Å²) in [4.78, 5) is 13.2. The first kappa shape index (κ1) is 21.9. The molecule has 0 radical (unpaired) electrons. The van der Waals surface area contributed by atoms with Gasteiger partial charge in [-0.3, -0.25) is 9.10 Å². The van der Waals surface area contributed by atoms with Crippen LogP contribution < -0.4 is 9.62 Å². The Morgan fingerprint density at radius 1 is 1.10 bits per heavy atom. The van der Waals surface area contributed by atoms with Crippen molar-refractivity contribution in [3.8, 4) is 0 Å². The van der Waals surface area contributed by atoms with Crippen LogP contribution >= 0.6 is 11.6 Å². The molecule has 0 aromatic heterocycles. The van der Waals surface area contributed by atoms with Crippen molar-refractivity contribution in [1.82, 2.24) is 5.32 Å². The molecule has 0 saturated heterocycles. The number of hydrogen-bond donors (Lipinski definition) is 1. The normalized spacial score (nSPS) is 18.6. The maximum atomic E-state index is 13.6. The van der Waals surface area contributed by atoms with Gasteiger partial charge in [-0.2, -0.15) is 0 Å². The van der Waals surface area contributed by atoms with Gasteiger partial charge in [0.15, 0.2) is 4.91 Å². The van der Waals surface area contributed by atoms with E-state index in [-0.39, 0.29) is 11.4 Å². The van der Waals surface area contributed by atoms with Crippen LogP contribution in [0.4, 0.5) is 5.69 Å². The lowest BCUT2D eigenvalue weighted by Crippen LogP contribution is -2.42. The molecule has 2 aliphatic rings. The van der Waals surface area contributed by atoms with Gasteiger partial charge in [-0.15, -0.1) is 0 Å². The number of rotatable bonds is 5. The topological polar surface area (TPSA) is 66.5 Å². The van der Waals surface area contributed by atoms with E-state index in [4.69, 9.17) is 11.6 Å². The molecule has 4 rings (SSSR count). The van der Waals surface area contributed by atoms with Crippen LogP contribution in [0.15, 0.2) is 53.4 Å². The highest BCUT2D eigenvalue weighted by atomic mass is 35.5.